The first-order chi connectivity index (χ1) is 7.81. The molecular weight excluding hydrogens is 246 g/mol. The summed E-state index contributed by atoms with van der Waals surface area (Å²) < 4.78 is 27.1. The number of aliphatic carboxylic acids is 1. The molecule has 1 heterocycles. The Morgan fingerprint density at radius 2 is 2.12 bits per heavy atom. The van der Waals surface area contributed by atoms with Gasteiger partial charge in [0, 0.05) is 12.3 Å². The zero-order chi connectivity index (χ0) is 13.1. The maximum Gasteiger partial charge on any atom is 0.310 e. The third kappa shape index (κ3) is 4.61. The Morgan fingerprint density at radius 3 is 2.65 bits per heavy atom. The summed E-state index contributed by atoms with van der Waals surface area (Å²) in [7, 11) is -1.14. The van der Waals surface area contributed by atoms with E-state index in [1.54, 1.807) is 7.05 Å². The smallest absolute Gasteiger partial charge is 0.310 e. The lowest BCUT2D eigenvalue weighted by molar-refractivity contribution is -0.143. The average molecular weight is 265 g/mol. The number of nitrogens with zero attached hydrogens (tertiary/aromatic N) is 1. The van der Waals surface area contributed by atoms with Crippen molar-refractivity contribution in [3.8, 4) is 0 Å². The minimum atomic E-state index is -2.95. The summed E-state index contributed by atoms with van der Waals surface area (Å²) in [6, 6.07) is -0.160. The van der Waals surface area contributed by atoms with E-state index >= 15 is 0 Å². The summed E-state index contributed by atoms with van der Waals surface area (Å²) in [6.45, 7) is 1.19. The van der Waals surface area contributed by atoms with Gasteiger partial charge in [-0.05, 0) is 20.0 Å². The van der Waals surface area contributed by atoms with Crippen LogP contribution in [0.3, 0.4) is 0 Å². The number of carbonyl (C=O) groups is 1. The standard InChI is InChI=1S/C10H19NO5S/c1-11(4-3-5-17(2,14)15)9-7-16-6-8(9)10(12)13/h8-9H,3-7H2,1-2H3,(H,12,13). The van der Waals surface area contributed by atoms with Crippen LogP contribution < -0.4 is 0 Å². The van der Waals surface area contributed by atoms with E-state index in [0.717, 1.165) is 0 Å². The van der Waals surface area contributed by atoms with Crippen LogP contribution in [-0.2, 0) is 19.4 Å². The van der Waals surface area contributed by atoms with Gasteiger partial charge >= 0.3 is 5.97 Å². The number of ether oxygens (including phenoxy) is 1. The molecule has 1 rings (SSSR count). The van der Waals surface area contributed by atoms with Crippen molar-refractivity contribution in [2.24, 2.45) is 5.92 Å². The Hall–Kier alpha value is -0.660. The van der Waals surface area contributed by atoms with Crippen LogP contribution in [0.2, 0.25) is 0 Å². The van der Waals surface area contributed by atoms with Crippen molar-refractivity contribution in [2.75, 3.05) is 38.8 Å². The fourth-order valence-electron chi connectivity index (χ4n) is 1.96. The highest BCUT2D eigenvalue weighted by Gasteiger charge is 2.36. The molecule has 0 aromatic heterocycles. The number of sulfone groups is 1. The number of rotatable bonds is 6. The van der Waals surface area contributed by atoms with Crippen LogP contribution in [0.4, 0.5) is 0 Å². The van der Waals surface area contributed by atoms with E-state index < -0.39 is 21.7 Å². The van der Waals surface area contributed by atoms with Crippen molar-refractivity contribution < 1.29 is 23.1 Å². The Bertz CT molecular complexity index is 367. The van der Waals surface area contributed by atoms with Crippen molar-refractivity contribution in [1.82, 2.24) is 4.90 Å². The number of carboxylic acid groups (broad SMARTS) is 1. The highest BCUT2D eigenvalue weighted by Crippen LogP contribution is 2.19. The molecular formula is C10H19NO5S. The predicted molar refractivity (Wildman–Crippen MR) is 62.7 cm³/mol. The molecule has 2 unspecified atom stereocenters. The fourth-order valence-corrected chi connectivity index (χ4v) is 2.61. The summed E-state index contributed by atoms with van der Waals surface area (Å²) in [5.74, 6) is -1.25. The SMILES string of the molecule is CN(CCCS(C)(=O)=O)C1COCC1C(=O)O. The summed E-state index contributed by atoms with van der Waals surface area (Å²) in [4.78, 5) is 12.8. The van der Waals surface area contributed by atoms with Gasteiger partial charge in [-0.3, -0.25) is 4.79 Å². The maximum absolute atomic E-state index is 11.0. The largest absolute Gasteiger partial charge is 0.481 e. The van der Waals surface area contributed by atoms with Gasteiger partial charge in [0.2, 0.25) is 0 Å². The minimum Gasteiger partial charge on any atom is -0.481 e. The molecule has 0 aromatic rings. The van der Waals surface area contributed by atoms with Crippen molar-refractivity contribution >= 4 is 15.8 Å². The molecule has 1 aliphatic rings. The first kappa shape index (κ1) is 14.4. The molecule has 7 heteroatoms. The number of hydrogen-bond donors (Lipinski definition) is 1. The maximum atomic E-state index is 11.0. The first-order valence-corrected chi connectivity index (χ1v) is 7.56. The lowest BCUT2D eigenvalue weighted by Crippen LogP contribution is -2.41. The molecule has 2 atom stereocenters. The van der Waals surface area contributed by atoms with Gasteiger partial charge in [0.1, 0.15) is 9.84 Å². The highest BCUT2D eigenvalue weighted by molar-refractivity contribution is 7.90. The van der Waals surface area contributed by atoms with Gasteiger partial charge in [0.15, 0.2) is 0 Å². The molecule has 0 amide bonds. The van der Waals surface area contributed by atoms with Crippen molar-refractivity contribution in [2.45, 2.75) is 12.5 Å². The molecule has 1 saturated heterocycles. The van der Waals surface area contributed by atoms with E-state index in [1.807, 2.05) is 4.90 Å². The molecule has 100 valence electrons. The quantitative estimate of drug-likeness (QED) is 0.694. The van der Waals surface area contributed by atoms with E-state index in [4.69, 9.17) is 9.84 Å². The Kier molecular flexibility index (Phi) is 4.91. The monoisotopic (exact) mass is 265 g/mol. The van der Waals surface area contributed by atoms with Crippen LogP contribution >= 0.6 is 0 Å². The lowest BCUT2D eigenvalue weighted by atomic mass is 10.0. The van der Waals surface area contributed by atoms with Gasteiger partial charge in [-0.1, -0.05) is 0 Å². The normalized spacial score (nSPS) is 25.4. The van der Waals surface area contributed by atoms with Crippen LogP contribution in [-0.4, -0.2) is 69.3 Å². The van der Waals surface area contributed by atoms with Gasteiger partial charge in [-0.25, -0.2) is 8.42 Å². The van der Waals surface area contributed by atoms with Crippen molar-refractivity contribution in [3.05, 3.63) is 0 Å². The molecule has 1 fully saturated rings. The van der Waals surface area contributed by atoms with E-state index in [0.29, 0.717) is 19.6 Å². The fraction of sp³-hybridized carbons (Fsp3) is 0.900. The molecule has 1 aliphatic heterocycles. The summed E-state index contributed by atoms with van der Waals surface area (Å²) >= 11 is 0. The second-order valence-corrected chi connectivity index (χ2v) is 6.77. The highest BCUT2D eigenvalue weighted by atomic mass is 32.2. The average Bonchev–Trinajstić information content (AvgIpc) is 2.63. The van der Waals surface area contributed by atoms with Crippen LogP contribution in [0, 0.1) is 5.92 Å². The van der Waals surface area contributed by atoms with E-state index in [2.05, 4.69) is 0 Å². The zero-order valence-corrected chi connectivity index (χ0v) is 10.9. The molecule has 0 saturated carbocycles. The van der Waals surface area contributed by atoms with Crippen molar-refractivity contribution in [1.29, 1.82) is 0 Å². The zero-order valence-electron chi connectivity index (χ0n) is 10.1. The summed E-state index contributed by atoms with van der Waals surface area (Å²) in [5.41, 5.74) is 0. The van der Waals surface area contributed by atoms with Gasteiger partial charge < -0.3 is 14.7 Å². The predicted octanol–water partition coefficient (Wildman–Crippen LogP) is -0.547. The summed E-state index contributed by atoms with van der Waals surface area (Å²) in [5, 5.41) is 8.98. The molecule has 0 bridgehead atoms. The molecule has 6 nitrogen and oxygen atoms in total. The number of carboxylic acids is 1. The van der Waals surface area contributed by atoms with E-state index in [1.165, 1.54) is 6.26 Å². The van der Waals surface area contributed by atoms with Gasteiger partial charge in [-0.15, -0.1) is 0 Å². The molecule has 1 N–H and O–H groups in total. The molecule has 0 aliphatic carbocycles. The van der Waals surface area contributed by atoms with Crippen molar-refractivity contribution in [3.63, 3.8) is 0 Å². The third-order valence-electron chi connectivity index (χ3n) is 2.96. The second-order valence-electron chi connectivity index (χ2n) is 4.51. The van der Waals surface area contributed by atoms with Gasteiger partial charge in [0.25, 0.3) is 0 Å². The molecule has 0 spiro atoms. The number of hydrogen-bond acceptors (Lipinski definition) is 5. The van der Waals surface area contributed by atoms with Crippen LogP contribution in [0.5, 0.6) is 0 Å². The first-order valence-electron chi connectivity index (χ1n) is 5.50. The third-order valence-corrected chi connectivity index (χ3v) is 3.99. The Balaban J connectivity index is 2.42. The molecule has 0 radical (unpaired) electrons. The molecule has 17 heavy (non-hydrogen) atoms. The topological polar surface area (TPSA) is 83.9 Å². The van der Waals surface area contributed by atoms with Crippen LogP contribution in [0.15, 0.2) is 0 Å². The van der Waals surface area contributed by atoms with Gasteiger partial charge in [-0.2, -0.15) is 0 Å². The lowest BCUT2D eigenvalue weighted by Gasteiger charge is -2.25. The Labute approximate surface area is 101 Å². The van der Waals surface area contributed by atoms with E-state index in [-0.39, 0.29) is 18.4 Å². The Morgan fingerprint density at radius 1 is 1.47 bits per heavy atom. The molecule has 0 aromatic carbocycles. The van der Waals surface area contributed by atoms with E-state index in [9.17, 15) is 13.2 Å². The van der Waals surface area contributed by atoms with Crippen LogP contribution in [0.25, 0.3) is 0 Å². The summed E-state index contributed by atoms with van der Waals surface area (Å²) in [6.07, 6.45) is 1.71. The number of likely N-dealkylation sites (N-methyl/N-ethyl adjacent to an activating group) is 1. The van der Waals surface area contributed by atoms with Gasteiger partial charge in [0.05, 0.1) is 24.9 Å². The second kappa shape index (κ2) is 5.79. The minimum absolute atomic E-state index is 0.128. The van der Waals surface area contributed by atoms with Crippen LogP contribution in [0.1, 0.15) is 6.42 Å².